The molecule has 0 bridgehead atoms. The second-order valence-electron chi connectivity index (χ2n) is 3.54. The van der Waals surface area contributed by atoms with E-state index >= 15 is 0 Å². The Morgan fingerprint density at radius 2 is 2.06 bits per heavy atom. The quantitative estimate of drug-likeness (QED) is 0.774. The molecule has 0 aliphatic rings. The summed E-state index contributed by atoms with van der Waals surface area (Å²) in [5.74, 6) is 1.29. The van der Waals surface area contributed by atoms with Crippen LogP contribution in [0.1, 0.15) is 11.3 Å². The first-order valence-electron chi connectivity index (χ1n) is 5.62. The van der Waals surface area contributed by atoms with Gasteiger partial charge in [0.25, 0.3) is 0 Å². The Labute approximate surface area is 111 Å². The zero-order valence-corrected chi connectivity index (χ0v) is 10.5. The highest BCUT2D eigenvalue weighted by atomic mass is 35.5. The largest absolute Gasteiger partial charge is 0.492 e. The maximum Gasteiger partial charge on any atom is 0.126 e. The third-order valence-corrected chi connectivity index (χ3v) is 2.42. The number of halogens is 1. The molecule has 0 N–H and O–H groups in total. The summed E-state index contributed by atoms with van der Waals surface area (Å²) in [6.07, 6.45) is 8.87. The summed E-state index contributed by atoms with van der Waals surface area (Å²) in [6, 6.07) is 7.80. The molecule has 1 aromatic carbocycles. The SMILES string of the molecule is ClCCOc1ccccc1C=Cc1cnccn1. The normalized spacial score (nSPS) is 10.7. The number of hydrogen-bond acceptors (Lipinski definition) is 3. The maximum absolute atomic E-state index is 5.62. The van der Waals surface area contributed by atoms with Crippen LogP contribution in [0.2, 0.25) is 0 Å². The molecule has 0 amide bonds. The summed E-state index contributed by atoms with van der Waals surface area (Å²) >= 11 is 5.62. The van der Waals surface area contributed by atoms with Crippen molar-refractivity contribution < 1.29 is 4.74 Å². The summed E-state index contributed by atoms with van der Waals surface area (Å²) in [5, 5.41) is 0. The molecular weight excluding hydrogens is 248 g/mol. The lowest BCUT2D eigenvalue weighted by molar-refractivity contribution is 0.342. The Balaban J connectivity index is 2.15. The van der Waals surface area contributed by atoms with Gasteiger partial charge in [0, 0.05) is 18.0 Å². The van der Waals surface area contributed by atoms with Gasteiger partial charge >= 0.3 is 0 Å². The lowest BCUT2D eigenvalue weighted by atomic mass is 10.2. The Hall–Kier alpha value is -1.87. The van der Waals surface area contributed by atoms with Gasteiger partial charge in [-0.05, 0) is 18.2 Å². The van der Waals surface area contributed by atoms with E-state index in [4.69, 9.17) is 16.3 Å². The van der Waals surface area contributed by atoms with E-state index in [9.17, 15) is 0 Å². The fourth-order valence-electron chi connectivity index (χ4n) is 1.47. The van der Waals surface area contributed by atoms with Crippen LogP contribution in [-0.2, 0) is 0 Å². The first kappa shape index (κ1) is 12.6. The van der Waals surface area contributed by atoms with Gasteiger partial charge in [-0.15, -0.1) is 11.6 Å². The summed E-state index contributed by atoms with van der Waals surface area (Å²) in [7, 11) is 0. The molecule has 0 atom stereocenters. The third kappa shape index (κ3) is 3.57. The van der Waals surface area contributed by atoms with Crippen molar-refractivity contribution in [1.82, 2.24) is 9.97 Å². The molecule has 0 saturated carbocycles. The number of hydrogen-bond donors (Lipinski definition) is 0. The predicted molar refractivity (Wildman–Crippen MR) is 73.6 cm³/mol. The Morgan fingerprint density at radius 1 is 1.17 bits per heavy atom. The minimum atomic E-state index is 0.474. The lowest BCUT2D eigenvalue weighted by Crippen LogP contribution is -1.99. The molecule has 0 radical (unpaired) electrons. The van der Waals surface area contributed by atoms with Gasteiger partial charge in [0.15, 0.2) is 0 Å². The Kier molecular flexibility index (Phi) is 4.73. The van der Waals surface area contributed by atoms with Crippen molar-refractivity contribution in [3.05, 3.63) is 54.1 Å². The van der Waals surface area contributed by atoms with E-state index in [1.165, 1.54) is 0 Å². The number of rotatable bonds is 5. The van der Waals surface area contributed by atoms with Crippen molar-refractivity contribution in [2.24, 2.45) is 0 Å². The van der Waals surface area contributed by atoms with Crippen LogP contribution in [0.25, 0.3) is 12.2 Å². The van der Waals surface area contributed by atoms with Crippen LogP contribution in [0.15, 0.2) is 42.9 Å². The number of alkyl halides is 1. The second-order valence-corrected chi connectivity index (χ2v) is 3.92. The maximum atomic E-state index is 5.62. The van der Waals surface area contributed by atoms with Crippen LogP contribution in [0.4, 0.5) is 0 Å². The third-order valence-electron chi connectivity index (χ3n) is 2.27. The molecule has 0 fully saturated rings. The molecule has 1 heterocycles. The van der Waals surface area contributed by atoms with E-state index in [2.05, 4.69) is 9.97 Å². The number of aromatic nitrogens is 2. The molecule has 0 spiro atoms. The van der Waals surface area contributed by atoms with Gasteiger partial charge in [-0.3, -0.25) is 9.97 Å². The number of nitrogens with zero attached hydrogens (tertiary/aromatic N) is 2. The van der Waals surface area contributed by atoms with Crippen molar-refractivity contribution in [3.8, 4) is 5.75 Å². The van der Waals surface area contributed by atoms with E-state index in [-0.39, 0.29) is 0 Å². The molecule has 4 heteroatoms. The fourth-order valence-corrected chi connectivity index (χ4v) is 1.55. The van der Waals surface area contributed by atoms with Gasteiger partial charge in [0.1, 0.15) is 12.4 Å². The van der Waals surface area contributed by atoms with Crippen molar-refractivity contribution in [1.29, 1.82) is 0 Å². The van der Waals surface area contributed by atoms with Crippen LogP contribution in [0, 0.1) is 0 Å². The minimum Gasteiger partial charge on any atom is -0.492 e. The zero-order valence-electron chi connectivity index (χ0n) is 9.79. The van der Waals surface area contributed by atoms with Gasteiger partial charge < -0.3 is 4.74 Å². The number of benzene rings is 1. The highest BCUT2D eigenvalue weighted by Gasteiger charge is 1.99. The molecule has 0 aliphatic heterocycles. The highest BCUT2D eigenvalue weighted by Crippen LogP contribution is 2.20. The van der Waals surface area contributed by atoms with Crippen molar-refractivity contribution >= 4 is 23.8 Å². The Morgan fingerprint density at radius 3 is 2.83 bits per heavy atom. The van der Waals surface area contributed by atoms with Crippen LogP contribution in [-0.4, -0.2) is 22.5 Å². The minimum absolute atomic E-state index is 0.474. The predicted octanol–water partition coefficient (Wildman–Crippen LogP) is 3.26. The number of para-hydroxylation sites is 1. The van der Waals surface area contributed by atoms with Crippen molar-refractivity contribution in [3.63, 3.8) is 0 Å². The van der Waals surface area contributed by atoms with Crippen LogP contribution in [0.5, 0.6) is 5.75 Å². The van der Waals surface area contributed by atoms with Crippen LogP contribution in [0.3, 0.4) is 0 Å². The van der Waals surface area contributed by atoms with Gasteiger partial charge in [0.2, 0.25) is 0 Å². The first-order valence-corrected chi connectivity index (χ1v) is 6.15. The summed E-state index contributed by atoms with van der Waals surface area (Å²) < 4.78 is 5.56. The van der Waals surface area contributed by atoms with Gasteiger partial charge in [0.05, 0.1) is 17.8 Å². The molecular formula is C14H13ClN2O. The average molecular weight is 261 g/mol. The van der Waals surface area contributed by atoms with E-state index in [1.54, 1.807) is 18.6 Å². The van der Waals surface area contributed by atoms with Crippen molar-refractivity contribution in [2.75, 3.05) is 12.5 Å². The summed E-state index contributed by atoms with van der Waals surface area (Å²) in [4.78, 5) is 8.18. The smallest absolute Gasteiger partial charge is 0.126 e. The zero-order chi connectivity index (χ0) is 12.6. The highest BCUT2D eigenvalue weighted by molar-refractivity contribution is 6.18. The molecule has 0 unspecified atom stereocenters. The molecule has 18 heavy (non-hydrogen) atoms. The van der Waals surface area contributed by atoms with E-state index in [0.717, 1.165) is 17.0 Å². The van der Waals surface area contributed by atoms with Crippen LogP contribution < -0.4 is 4.74 Å². The van der Waals surface area contributed by atoms with E-state index in [0.29, 0.717) is 12.5 Å². The van der Waals surface area contributed by atoms with Crippen molar-refractivity contribution in [2.45, 2.75) is 0 Å². The topological polar surface area (TPSA) is 35.0 Å². The second kappa shape index (κ2) is 6.77. The Bertz CT molecular complexity index is 514. The van der Waals surface area contributed by atoms with Gasteiger partial charge in [-0.25, -0.2) is 0 Å². The standard InChI is InChI=1S/C14H13ClN2O/c15-7-10-18-14-4-2-1-3-12(14)5-6-13-11-16-8-9-17-13/h1-6,8-9,11H,7,10H2. The van der Waals surface area contributed by atoms with E-state index in [1.807, 2.05) is 36.4 Å². The molecule has 3 nitrogen and oxygen atoms in total. The molecule has 0 aliphatic carbocycles. The summed E-state index contributed by atoms with van der Waals surface area (Å²) in [6.45, 7) is 0.498. The first-order chi connectivity index (χ1) is 8.90. The fraction of sp³-hybridized carbons (Fsp3) is 0.143. The average Bonchev–Trinajstić information content (AvgIpc) is 2.45. The monoisotopic (exact) mass is 260 g/mol. The van der Waals surface area contributed by atoms with Gasteiger partial charge in [-0.2, -0.15) is 0 Å². The molecule has 2 rings (SSSR count). The van der Waals surface area contributed by atoms with E-state index < -0.39 is 0 Å². The molecule has 2 aromatic rings. The molecule has 92 valence electrons. The lowest BCUT2D eigenvalue weighted by Gasteiger charge is -2.06. The number of ether oxygens (including phenoxy) is 1. The molecule has 1 aromatic heterocycles. The molecule has 0 saturated heterocycles. The van der Waals surface area contributed by atoms with Gasteiger partial charge in [-0.1, -0.05) is 18.2 Å². The van der Waals surface area contributed by atoms with Crippen LogP contribution >= 0.6 is 11.6 Å². The summed E-state index contributed by atoms with van der Waals surface area (Å²) in [5.41, 5.74) is 1.80.